The second-order valence-electron chi connectivity index (χ2n) is 4.48. The Hall–Kier alpha value is -1.57. The highest BCUT2D eigenvalue weighted by molar-refractivity contribution is 5.93. The Bertz CT molecular complexity index is 423. The minimum absolute atomic E-state index is 0.143. The first-order chi connectivity index (χ1) is 8.31. The zero-order chi connectivity index (χ0) is 12.1. The van der Waals surface area contributed by atoms with E-state index >= 15 is 0 Å². The number of hydrogen-bond donors (Lipinski definition) is 1. The highest BCUT2D eigenvalue weighted by atomic mass is 16.1. The van der Waals surface area contributed by atoms with Crippen LogP contribution in [0.15, 0.2) is 36.4 Å². The Kier molecular flexibility index (Phi) is 3.97. The maximum absolute atomic E-state index is 12.1. The topological polar surface area (TPSA) is 29.1 Å². The van der Waals surface area contributed by atoms with Gasteiger partial charge in [0.05, 0.1) is 0 Å². The van der Waals surface area contributed by atoms with Crippen molar-refractivity contribution in [2.24, 2.45) is 5.92 Å². The second-order valence-corrected chi connectivity index (χ2v) is 4.48. The highest BCUT2D eigenvalue weighted by Gasteiger charge is 2.19. The molecule has 2 heteroatoms. The molecule has 0 fully saturated rings. The van der Waals surface area contributed by atoms with Gasteiger partial charge < -0.3 is 5.32 Å². The molecule has 0 radical (unpaired) electrons. The quantitative estimate of drug-likeness (QED) is 0.789. The van der Waals surface area contributed by atoms with Crippen molar-refractivity contribution in [2.45, 2.75) is 32.6 Å². The van der Waals surface area contributed by atoms with Crippen LogP contribution in [0.2, 0.25) is 0 Å². The highest BCUT2D eigenvalue weighted by Crippen LogP contribution is 2.22. The zero-order valence-corrected chi connectivity index (χ0v) is 10.3. The average Bonchev–Trinajstić information content (AvgIpc) is 2.40. The van der Waals surface area contributed by atoms with Crippen molar-refractivity contribution in [2.75, 3.05) is 5.32 Å². The fourth-order valence-corrected chi connectivity index (χ4v) is 2.22. The summed E-state index contributed by atoms with van der Waals surface area (Å²) in [5.41, 5.74) is 2.17. The molecule has 2 nitrogen and oxygen atoms in total. The number of anilines is 1. The van der Waals surface area contributed by atoms with Gasteiger partial charge in [0.25, 0.3) is 0 Å². The smallest absolute Gasteiger partial charge is 0.227 e. The summed E-state index contributed by atoms with van der Waals surface area (Å²) in [4.78, 5) is 12.1. The molecule has 1 aromatic carbocycles. The molecule has 1 aromatic rings. The van der Waals surface area contributed by atoms with Crippen LogP contribution in [0.1, 0.15) is 31.7 Å². The van der Waals surface area contributed by atoms with E-state index in [-0.39, 0.29) is 11.8 Å². The van der Waals surface area contributed by atoms with Crippen molar-refractivity contribution in [3.63, 3.8) is 0 Å². The Morgan fingerprint density at radius 1 is 1.35 bits per heavy atom. The Morgan fingerprint density at radius 3 is 2.88 bits per heavy atom. The minimum Gasteiger partial charge on any atom is -0.326 e. The number of benzene rings is 1. The number of aryl methyl sites for hydroxylation is 1. The lowest BCUT2D eigenvalue weighted by molar-refractivity contribution is -0.120. The number of hydrogen-bond acceptors (Lipinski definition) is 1. The molecule has 0 spiro atoms. The molecule has 0 bridgehead atoms. The van der Waals surface area contributed by atoms with Gasteiger partial charge in [-0.2, -0.15) is 0 Å². The van der Waals surface area contributed by atoms with Gasteiger partial charge in [0.1, 0.15) is 0 Å². The van der Waals surface area contributed by atoms with Crippen molar-refractivity contribution in [3.05, 3.63) is 42.0 Å². The summed E-state index contributed by atoms with van der Waals surface area (Å²) in [6, 6.07) is 8.03. The van der Waals surface area contributed by atoms with Gasteiger partial charge in [-0.15, -0.1) is 0 Å². The molecule has 0 heterocycles. The molecule has 0 saturated heterocycles. The molecular weight excluding hydrogens is 210 g/mol. The number of nitrogens with one attached hydrogen (secondary N) is 1. The third-order valence-corrected chi connectivity index (χ3v) is 3.30. The molecule has 0 saturated carbocycles. The van der Waals surface area contributed by atoms with Gasteiger partial charge in [0.2, 0.25) is 5.91 Å². The van der Waals surface area contributed by atoms with E-state index in [1.165, 1.54) is 5.56 Å². The third-order valence-electron chi connectivity index (χ3n) is 3.30. The molecule has 2 rings (SSSR count). The maximum atomic E-state index is 12.1. The Labute approximate surface area is 103 Å². The van der Waals surface area contributed by atoms with Crippen molar-refractivity contribution < 1.29 is 4.79 Å². The van der Waals surface area contributed by atoms with Crippen LogP contribution in [0.25, 0.3) is 0 Å². The Balaban J connectivity index is 2.04. The number of carbonyl (C=O) groups excluding carboxylic acids is 1. The largest absolute Gasteiger partial charge is 0.326 e. The van der Waals surface area contributed by atoms with Crippen LogP contribution < -0.4 is 5.32 Å². The fourth-order valence-electron chi connectivity index (χ4n) is 2.22. The van der Waals surface area contributed by atoms with Crippen LogP contribution in [-0.4, -0.2) is 5.91 Å². The van der Waals surface area contributed by atoms with Gasteiger partial charge in [0.15, 0.2) is 0 Å². The molecular formula is C15H19NO. The lowest BCUT2D eigenvalue weighted by Crippen LogP contribution is -2.24. The van der Waals surface area contributed by atoms with Crippen LogP contribution in [0.3, 0.4) is 0 Å². The molecule has 1 N–H and O–H groups in total. The summed E-state index contributed by atoms with van der Waals surface area (Å²) in [5.74, 6) is 0.306. The normalized spacial score (nSPS) is 19.0. The average molecular weight is 229 g/mol. The van der Waals surface area contributed by atoms with Gasteiger partial charge in [0, 0.05) is 11.6 Å². The SMILES string of the molecule is CCc1ccccc1NC(=O)[C@@H]1CC=CCC1. The fraction of sp³-hybridized carbons (Fsp3) is 0.400. The van der Waals surface area contributed by atoms with E-state index in [0.717, 1.165) is 31.4 Å². The molecule has 0 aliphatic heterocycles. The van der Waals surface area contributed by atoms with Gasteiger partial charge in [-0.05, 0) is 37.3 Å². The molecule has 1 amide bonds. The lowest BCUT2D eigenvalue weighted by Gasteiger charge is -2.18. The van der Waals surface area contributed by atoms with E-state index in [9.17, 15) is 4.79 Å². The van der Waals surface area contributed by atoms with E-state index in [2.05, 4.69) is 30.5 Å². The van der Waals surface area contributed by atoms with E-state index in [4.69, 9.17) is 0 Å². The standard InChI is InChI=1S/C15H19NO/c1-2-12-8-6-7-11-14(12)16-15(17)13-9-4-3-5-10-13/h3-4,6-8,11,13H,2,5,9-10H2,1H3,(H,16,17)/t13-/m1/s1. The van der Waals surface area contributed by atoms with E-state index in [0.29, 0.717) is 0 Å². The predicted molar refractivity (Wildman–Crippen MR) is 70.9 cm³/mol. The van der Waals surface area contributed by atoms with Gasteiger partial charge in [-0.25, -0.2) is 0 Å². The van der Waals surface area contributed by atoms with Gasteiger partial charge in [-0.1, -0.05) is 37.3 Å². The van der Waals surface area contributed by atoms with Crippen molar-refractivity contribution in [1.29, 1.82) is 0 Å². The molecule has 1 aliphatic rings. The molecule has 17 heavy (non-hydrogen) atoms. The van der Waals surface area contributed by atoms with Gasteiger partial charge in [-0.3, -0.25) is 4.79 Å². The van der Waals surface area contributed by atoms with Crippen LogP contribution >= 0.6 is 0 Å². The number of carbonyl (C=O) groups is 1. The lowest BCUT2D eigenvalue weighted by atomic mass is 9.93. The summed E-state index contributed by atoms with van der Waals surface area (Å²) >= 11 is 0. The van der Waals surface area contributed by atoms with Crippen LogP contribution in [-0.2, 0) is 11.2 Å². The first kappa shape index (κ1) is 11.9. The maximum Gasteiger partial charge on any atom is 0.227 e. The molecule has 0 aromatic heterocycles. The summed E-state index contributed by atoms with van der Waals surface area (Å²) < 4.78 is 0. The molecule has 1 atom stereocenters. The zero-order valence-electron chi connectivity index (χ0n) is 10.3. The van der Waals surface area contributed by atoms with Crippen molar-refractivity contribution in [3.8, 4) is 0 Å². The van der Waals surface area contributed by atoms with Crippen molar-refractivity contribution in [1.82, 2.24) is 0 Å². The number of rotatable bonds is 3. The van der Waals surface area contributed by atoms with Crippen LogP contribution in [0.5, 0.6) is 0 Å². The van der Waals surface area contributed by atoms with E-state index < -0.39 is 0 Å². The van der Waals surface area contributed by atoms with E-state index in [1.807, 2.05) is 18.2 Å². The number of para-hydroxylation sites is 1. The van der Waals surface area contributed by atoms with Gasteiger partial charge >= 0.3 is 0 Å². The van der Waals surface area contributed by atoms with Crippen molar-refractivity contribution >= 4 is 11.6 Å². The summed E-state index contributed by atoms with van der Waals surface area (Å²) in [5, 5.41) is 3.06. The first-order valence-corrected chi connectivity index (χ1v) is 6.35. The number of allylic oxidation sites excluding steroid dienone is 2. The first-order valence-electron chi connectivity index (χ1n) is 6.35. The minimum atomic E-state index is 0.143. The van der Waals surface area contributed by atoms with E-state index in [1.54, 1.807) is 0 Å². The summed E-state index contributed by atoms with van der Waals surface area (Å²) in [7, 11) is 0. The van der Waals surface area contributed by atoms with Crippen LogP contribution in [0.4, 0.5) is 5.69 Å². The monoisotopic (exact) mass is 229 g/mol. The molecule has 0 unspecified atom stereocenters. The van der Waals surface area contributed by atoms with Crippen LogP contribution in [0, 0.1) is 5.92 Å². The second kappa shape index (κ2) is 5.67. The summed E-state index contributed by atoms with van der Waals surface area (Å²) in [6.45, 7) is 2.11. The molecule has 1 aliphatic carbocycles. The summed E-state index contributed by atoms with van der Waals surface area (Å²) in [6.07, 6.45) is 8.08. The number of amides is 1. The Morgan fingerprint density at radius 2 is 2.18 bits per heavy atom. The predicted octanol–water partition coefficient (Wildman–Crippen LogP) is 3.54. The molecule has 90 valence electrons. The third kappa shape index (κ3) is 2.96.